The van der Waals surface area contributed by atoms with Crippen LogP contribution in [0.2, 0.25) is 0 Å². The van der Waals surface area contributed by atoms with E-state index in [1.165, 1.54) is 5.57 Å². The second kappa shape index (κ2) is 5.12. The van der Waals surface area contributed by atoms with Crippen molar-refractivity contribution in [2.45, 2.75) is 13.3 Å². The van der Waals surface area contributed by atoms with Crippen LogP contribution in [0.5, 0.6) is 5.75 Å². The maximum atomic E-state index is 12.4. The lowest BCUT2D eigenvalue weighted by atomic mass is 10.1. The van der Waals surface area contributed by atoms with Crippen LogP contribution in [0.25, 0.3) is 0 Å². The van der Waals surface area contributed by atoms with Crippen molar-refractivity contribution < 1.29 is 9.53 Å². The smallest absolute Gasteiger partial charge is 0.257 e. The van der Waals surface area contributed by atoms with Crippen LogP contribution < -0.4 is 10.5 Å². The Morgan fingerprint density at radius 3 is 2.89 bits per heavy atom. The second-order valence-electron chi connectivity index (χ2n) is 4.53. The summed E-state index contributed by atoms with van der Waals surface area (Å²) in [5.74, 6) is 0.549. The minimum atomic E-state index is -0.0217. The molecule has 0 saturated heterocycles. The van der Waals surface area contributed by atoms with E-state index in [9.17, 15) is 4.79 Å². The number of hydrogen-bond acceptors (Lipinski definition) is 3. The molecule has 4 nitrogen and oxygen atoms in total. The van der Waals surface area contributed by atoms with Crippen molar-refractivity contribution in [3.63, 3.8) is 0 Å². The molecule has 1 aromatic rings. The van der Waals surface area contributed by atoms with Gasteiger partial charge in [-0.1, -0.05) is 11.6 Å². The number of methoxy groups -OCH3 is 1. The molecular weight excluding hydrogens is 228 g/mol. The highest BCUT2D eigenvalue weighted by Gasteiger charge is 2.21. The summed E-state index contributed by atoms with van der Waals surface area (Å²) >= 11 is 0. The van der Waals surface area contributed by atoms with E-state index in [1.807, 2.05) is 11.8 Å². The molecule has 2 N–H and O–H groups in total. The summed E-state index contributed by atoms with van der Waals surface area (Å²) in [7, 11) is 1.56. The van der Waals surface area contributed by atoms with E-state index >= 15 is 0 Å². The van der Waals surface area contributed by atoms with Crippen LogP contribution in [-0.2, 0) is 0 Å². The summed E-state index contributed by atoms with van der Waals surface area (Å²) in [5.41, 5.74) is 8.07. The van der Waals surface area contributed by atoms with Gasteiger partial charge in [-0.2, -0.15) is 0 Å². The van der Waals surface area contributed by atoms with Gasteiger partial charge in [0.1, 0.15) is 5.75 Å². The summed E-state index contributed by atoms with van der Waals surface area (Å²) in [6.45, 7) is 3.46. The molecule has 0 radical (unpaired) electrons. The first-order valence-corrected chi connectivity index (χ1v) is 6.00. The minimum Gasteiger partial charge on any atom is -0.496 e. The molecule has 2 rings (SSSR count). The molecule has 4 heteroatoms. The van der Waals surface area contributed by atoms with Gasteiger partial charge < -0.3 is 15.4 Å². The van der Waals surface area contributed by atoms with Crippen LogP contribution in [-0.4, -0.2) is 31.0 Å². The summed E-state index contributed by atoms with van der Waals surface area (Å²) in [6.07, 6.45) is 3.07. The standard InChI is InChI=1S/C14H18N2O2/c1-10-4-3-7-16(9-10)14(17)12-8-11(15)5-6-13(12)18-2/h4-6,8H,3,7,9,15H2,1-2H3. The van der Waals surface area contributed by atoms with Crippen molar-refractivity contribution >= 4 is 11.6 Å². The number of ether oxygens (including phenoxy) is 1. The van der Waals surface area contributed by atoms with E-state index in [2.05, 4.69) is 6.08 Å². The van der Waals surface area contributed by atoms with Gasteiger partial charge in [0, 0.05) is 18.8 Å². The zero-order valence-corrected chi connectivity index (χ0v) is 10.8. The predicted molar refractivity (Wildman–Crippen MR) is 71.7 cm³/mol. The fourth-order valence-corrected chi connectivity index (χ4v) is 2.15. The SMILES string of the molecule is COc1ccc(N)cc1C(=O)N1CCC=C(C)C1. The topological polar surface area (TPSA) is 55.6 Å². The van der Waals surface area contributed by atoms with Crippen molar-refractivity contribution in [3.8, 4) is 5.75 Å². The summed E-state index contributed by atoms with van der Waals surface area (Å²) < 4.78 is 5.22. The highest BCUT2D eigenvalue weighted by atomic mass is 16.5. The molecule has 1 aliphatic rings. The van der Waals surface area contributed by atoms with Crippen LogP contribution in [0, 0.1) is 0 Å². The molecule has 1 heterocycles. The quantitative estimate of drug-likeness (QED) is 0.642. The van der Waals surface area contributed by atoms with Crippen molar-refractivity contribution in [1.29, 1.82) is 0 Å². The number of nitrogens with zero attached hydrogens (tertiary/aromatic N) is 1. The molecule has 0 aromatic heterocycles. The van der Waals surface area contributed by atoms with E-state index in [-0.39, 0.29) is 5.91 Å². The highest BCUT2D eigenvalue weighted by Crippen LogP contribution is 2.24. The number of carbonyl (C=O) groups is 1. The molecule has 1 aliphatic heterocycles. The first-order valence-electron chi connectivity index (χ1n) is 6.00. The number of hydrogen-bond donors (Lipinski definition) is 1. The highest BCUT2D eigenvalue weighted by molar-refractivity contribution is 5.98. The van der Waals surface area contributed by atoms with Gasteiger partial charge in [0.15, 0.2) is 0 Å². The van der Waals surface area contributed by atoms with Crippen molar-refractivity contribution in [2.75, 3.05) is 25.9 Å². The largest absolute Gasteiger partial charge is 0.496 e. The Morgan fingerprint density at radius 1 is 1.44 bits per heavy atom. The Bertz CT molecular complexity index is 495. The number of anilines is 1. The molecule has 18 heavy (non-hydrogen) atoms. The van der Waals surface area contributed by atoms with Crippen LogP contribution >= 0.6 is 0 Å². The molecule has 0 unspecified atom stereocenters. The van der Waals surface area contributed by atoms with E-state index < -0.39 is 0 Å². The zero-order valence-electron chi connectivity index (χ0n) is 10.8. The van der Waals surface area contributed by atoms with E-state index in [0.717, 1.165) is 13.0 Å². The first-order chi connectivity index (χ1) is 8.61. The first kappa shape index (κ1) is 12.5. The van der Waals surface area contributed by atoms with Gasteiger partial charge in [0.25, 0.3) is 5.91 Å². The molecule has 96 valence electrons. The molecule has 1 amide bonds. The molecule has 0 saturated carbocycles. The minimum absolute atomic E-state index is 0.0217. The van der Waals surface area contributed by atoms with Crippen molar-refractivity contribution in [1.82, 2.24) is 4.90 Å². The number of benzene rings is 1. The lowest BCUT2D eigenvalue weighted by Gasteiger charge is -2.26. The van der Waals surface area contributed by atoms with Gasteiger partial charge in [-0.15, -0.1) is 0 Å². The maximum absolute atomic E-state index is 12.4. The molecule has 1 aromatic carbocycles. The monoisotopic (exact) mass is 246 g/mol. The third kappa shape index (κ3) is 2.47. The van der Waals surface area contributed by atoms with Gasteiger partial charge in [0.05, 0.1) is 12.7 Å². The van der Waals surface area contributed by atoms with Crippen LogP contribution in [0.4, 0.5) is 5.69 Å². The zero-order chi connectivity index (χ0) is 13.1. The van der Waals surface area contributed by atoms with Gasteiger partial charge >= 0.3 is 0 Å². The molecule has 0 atom stereocenters. The Morgan fingerprint density at radius 2 is 2.22 bits per heavy atom. The maximum Gasteiger partial charge on any atom is 0.257 e. The summed E-state index contributed by atoms with van der Waals surface area (Å²) in [4.78, 5) is 14.3. The van der Waals surface area contributed by atoms with Crippen LogP contribution in [0.3, 0.4) is 0 Å². The molecule has 0 fully saturated rings. The number of rotatable bonds is 2. The molecular formula is C14H18N2O2. The normalized spacial score (nSPS) is 15.2. The second-order valence-corrected chi connectivity index (χ2v) is 4.53. The molecule has 0 spiro atoms. The lowest BCUT2D eigenvalue weighted by Crippen LogP contribution is -2.35. The number of nitrogens with two attached hydrogens (primary N) is 1. The number of nitrogen functional groups attached to an aromatic ring is 1. The predicted octanol–water partition coefficient (Wildman–Crippen LogP) is 2.07. The fourth-order valence-electron chi connectivity index (χ4n) is 2.15. The Balaban J connectivity index is 2.28. The third-order valence-corrected chi connectivity index (χ3v) is 3.07. The molecule has 0 aliphatic carbocycles. The number of amides is 1. The van der Waals surface area contributed by atoms with Crippen LogP contribution in [0.15, 0.2) is 29.8 Å². The van der Waals surface area contributed by atoms with Gasteiger partial charge in [-0.25, -0.2) is 0 Å². The van der Waals surface area contributed by atoms with Crippen molar-refractivity contribution in [3.05, 3.63) is 35.4 Å². The average Bonchev–Trinajstić information content (AvgIpc) is 2.38. The summed E-state index contributed by atoms with van der Waals surface area (Å²) in [5, 5.41) is 0. The number of carbonyl (C=O) groups excluding carboxylic acids is 1. The molecule has 0 bridgehead atoms. The van der Waals surface area contributed by atoms with Crippen molar-refractivity contribution in [2.24, 2.45) is 0 Å². The average molecular weight is 246 g/mol. The van der Waals surface area contributed by atoms with Gasteiger partial charge in [0.2, 0.25) is 0 Å². The van der Waals surface area contributed by atoms with E-state index in [4.69, 9.17) is 10.5 Å². The van der Waals surface area contributed by atoms with Gasteiger partial charge in [-0.3, -0.25) is 4.79 Å². The third-order valence-electron chi connectivity index (χ3n) is 3.07. The fraction of sp³-hybridized carbons (Fsp3) is 0.357. The van der Waals surface area contributed by atoms with E-state index in [1.54, 1.807) is 25.3 Å². The Hall–Kier alpha value is -1.97. The van der Waals surface area contributed by atoms with Crippen LogP contribution in [0.1, 0.15) is 23.7 Å². The lowest BCUT2D eigenvalue weighted by molar-refractivity contribution is 0.0762. The van der Waals surface area contributed by atoms with E-state index in [0.29, 0.717) is 23.5 Å². The Labute approximate surface area is 107 Å². The Kier molecular flexibility index (Phi) is 3.55. The summed E-state index contributed by atoms with van der Waals surface area (Å²) in [6, 6.07) is 5.14. The van der Waals surface area contributed by atoms with Gasteiger partial charge in [-0.05, 0) is 31.5 Å².